The number of amides is 1. The van der Waals surface area contributed by atoms with Gasteiger partial charge in [-0.1, -0.05) is 6.92 Å². The molecule has 25 heavy (non-hydrogen) atoms. The lowest BCUT2D eigenvalue weighted by molar-refractivity contribution is -0.389. The summed E-state index contributed by atoms with van der Waals surface area (Å²) in [6.07, 6.45) is 2.35. The quantitative estimate of drug-likeness (QED) is 0.513. The zero-order valence-electron chi connectivity index (χ0n) is 14.6. The Labute approximate surface area is 153 Å². The highest BCUT2D eigenvalue weighted by Crippen LogP contribution is 2.22. The molecule has 1 unspecified atom stereocenters. The van der Waals surface area contributed by atoms with Crippen molar-refractivity contribution in [3.05, 3.63) is 38.2 Å². The maximum atomic E-state index is 12.8. The summed E-state index contributed by atoms with van der Waals surface area (Å²) >= 11 is 3.45. The maximum absolute atomic E-state index is 12.8. The number of hydrogen-bond donors (Lipinski definition) is 0. The molecule has 0 bridgehead atoms. The van der Waals surface area contributed by atoms with Crippen LogP contribution in [0.5, 0.6) is 0 Å². The number of nitrogens with zero attached hydrogens (tertiary/aromatic N) is 6. The van der Waals surface area contributed by atoms with Gasteiger partial charge in [0, 0.05) is 19.8 Å². The molecule has 0 fully saturated rings. The molecule has 2 heterocycles. The van der Waals surface area contributed by atoms with Crippen molar-refractivity contribution in [1.82, 2.24) is 24.5 Å². The number of aryl methyl sites for hydroxylation is 2. The molecule has 136 valence electrons. The molecule has 0 saturated heterocycles. The summed E-state index contributed by atoms with van der Waals surface area (Å²) in [6.45, 7) is 6.62. The van der Waals surface area contributed by atoms with Gasteiger partial charge in [-0.05, 0) is 41.1 Å². The fraction of sp³-hybridized carbons (Fsp3) is 0.533. The van der Waals surface area contributed by atoms with Crippen LogP contribution in [0.4, 0.5) is 5.82 Å². The SMILES string of the molecule is CCC(C(=O)N(C)Cc1nn(CC)cc1Br)n1nc([N+](=O)[O-])cc1C. The maximum Gasteiger partial charge on any atom is 0.390 e. The molecule has 1 atom stereocenters. The zero-order chi connectivity index (χ0) is 18.7. The van der Waals surface area contributed by atoms with Crippen LogP contribution in [0.25, 0.3) is 0 Å². The van der Waals surface area contributed by atoms with E-state index in [1.807, 2.05) is 20.0 Å². The predicted octanol–water partition coefficient (Wildman–Crippen LogP) is 2.69. The molecule has 0 radical (unpaired) electrons. The van der Waals surface area contributed by atoms with E-state index in [9.17, 15) is 14.9 Å². The molecule has 10 heteroatoms. The highest BCUT2D eigenvalue weighted by molar-refractivity contribution is 9.10. The summed E-state index contributed by atoms with van der Waals surface area (Å²) in [5.74, 6) is -0.419. The molecule has 2 aromatic rings. The topological polar surface area (TPSA) is 99.1 Å². The molecule has 0 aliphatic heterocycles. The minimum atomic E-state index is -0.592. The molecular formula is C15H21BrN6O3. The van der Waals surface area contributed by atoms with Crippen LogP contribution in [-0.2, 0) is 17.9 Å². The van der Waals surface area contributed by atoms with Crippen LogP contribution < -0.4 is 0 Å². The highest BCUT2D eigenvalue weighted by Gasteiger charge is 2.29. The van der Waals surface area contributed by atoms with Gasteiger partial charge in [0.1, 0.15) is 0 Å². The van der Waals surface area contributed by atoms with Crippen LogP contribution in [0.2, 0.25) is 0 Å². The van der Waals surface area contributed by atoms with Crippen molar-refractivity contribution in [1.29, 1.82) is 0 Å². The van der Waals surface area contributed by atoms with Gasteiger partial charge in [0.15, 0.2) is 6.04 Å². The van der Waals surface area contributed by atoms with Crippen molar-refractivity contribution in [2.24, 2.45) is 0 Å². The third-order valence-corrected chi connectivity index (χ3v) is 4.60. The van der Waals surface area contributed by atoms with Crippen molar-refractivity contribution < 1.29 is 9.72 Å². The minimum absolute atomic E-state index is 0.165. The molecule has 2 aromatic heterocycles. The van der Waals surface area contributed by atoms with Crippen molar-refractivity contribution in [3.8, 4) is 0 Å². The standard InChI is InChI=1S/C15H21BrN6O3/c1-5-13(21-10(3)7-14(18-21)22(24)25)15(23)19(4)9-12-11(16)8-20(6-2)17-12/h7-8,13H,5-6,9H2,1-4H3. The second kappa shape index (κ2) is 7.77. The Morgan fingerprint density at radius 3 is 2.60 bits per heavy atom. The van der Waals surface area contributed by atoms with Gasteiger partial charge in [-0.2, -0.15) is 9.78 Å². The number of likely N-dealkylation sites (N-methyl/N-ethyl adjacent to an activating group) is 1. The third-order valence-electron chi connectivity index (χ3n) is 3.94. The molecule has 2 rings (SSSR count). The lowest BCUT2D eigenvalue weighted by Gasteiger charge is -2.21. The number of nitro groups is 1. The fourth-order valence-electron chi connectivity index (χ4n) is 2.59. The normalized spacial score (nSPS) is 12.2. The number of carbonyl (C=O) groups excluding carboxylic acids is 1. The van der Waals surface area contributed by atoms with Crippen LogP contribution >= 0.6 is 15.9 Å². The zero-order valence-corrected chi connectivity index (χ0v) is 16.2. The Morgan fingerprint density at radius 2 is 2.12 bits per heavy atom. The third kappa shape index (κ3) is 4.06. The summed E-state index contributed by atoms with van der Waals surface area (Å²) < 4.78 is 4.06. The number of aromatic nitrogens is 4. The molecule has 9 nitrogen and oxygen atoms in total. The first-order chi connectivity index (χ1) is 11.8. The monoisotopic (exact) mass is 412 g/mol. The van der Waals surface area contributed by atoms with Crippen LogP contribution in [0.3, 0.4) is 0 Å². The van der Waals surface area contributed by atoms with E-state index in [-0.39, 0.29) is 11.7 Å². The van der Waals surface area contributed by atoms with E-state index in [4.69, 9.17) is 0 Å². The molecular weight excluding hydrogens is 392 g/mol. The molecule has 0 saturated carbocycles. The van der Waals surface area contributed by atoms with Gasteiger partial charge in [0.2, 0.25) is 5.91 Å². The summed E-state index contributed by atoms with van der Waals surface area (Å²) in [5, 5.41) is 19.3. The van der Waals surface area contributed by atoms with Crippen LogP contribution in [0.1, 0.15) is 37.7 Å². The summed E-state index contributed by atoms with van der Waals surface area (Å²) in [4.78, 5) is 24.8. The van der Waals surface area contributed by atoms with Gasteiger partial charge in [-0.3, -0.25) is 9.48 Å². The van der Waals surface area contributed by atoms with E-state index < -0.39 is 11.0 Å². The minimum Gasteiger partial charge on any atom is -0.358 e. The lowest BCUT2D eigenvalue weighted by atomic mass is 10.2. The van der Waals surface area contributed by atoms with Gasteiger partial charge in [-0.15, -0.1) is 0 Å². The fourth-order valence-corrected chi connectivity index (χ4v) is 3.03. The van der Waals surface area contributed by atoms with Crippen LogP contribution in [0, 0.1) is 17.0 Å². The van der Waals surface area contributed by atoms with Gasteiger partial charge in [0.25, 0.3) is 0 Å². The average Bonchev–Trinajstić information content (AvgIpc) is 3.12. The lowest BCUT2D eigenvalue weighted by Crippen LogP contribution is -2.35. The summed E-state index contributed by atoms with van der Waals surface area (Å²) in [5.41, 5.74) is 1.34. The first-order valence-electron chi connectivity index (χ1n) is 7.95. The second-order valence-electron chi connectivity index (χ2n) is 5.74. The van der Waals surface area contributed by atoms with E-state index in [0.29, 0.717) is 18.7 Å². The van der Waals surface area contributed by atoms with Gasteiger partial charge < -0.3 is 15.0 Å². The first kappa shape index (κ1) is 19.1. The largest absolute Gasteiger partial charge is 0.390 e. The molecule has 0 aromatic carbocycles. The van der Waals surface area contributed by atoms with Crippen molar-refractivity contribution >= 4 is 27.7 Å². The molecule has 0 spiro atoms. The Morgan fingerprint density at radius 1 is 1.44 bits per heavy atom. The van der Waals surface area contributed by atoms with Crippen LogP contribution in [-0.4, -0.2) is 42.3 Å². The average molecular weight is 413 g/mol. The Balaban J connectivity index is 2.20. The first-order valence-corrected chi connectivity index (χ1v) is 8.75. The van der Waals surface area contributed by atoms with E-state index >= 15 is 0 Å². The molecule has 0 aliphatic rings. The Bertz CT molecular complexity index is 784. The number of carbonyl (C=O) groups is 1. The van der Waals surface area contributed by atoms with E-state index in [1.54, 1.807) is 23.6 Å². The van der Waals surface area contributed by atoms with Gasteiger partial charge in [-0.25, -0.2) is 0 Å². The van der Waals surface area contributed by atoms with Crippen molar-refractivity contribution in [2.45, 2.75) is 46.3 Å². The number of rotatable bonds is 7. The molecule has 0 aliphatic carbocycles. The van der Waals surface area contributed by atoms with Crippen molar-refractivity contribution in [3.63, 3.8) is 0 Å². The van der Waals surface area contributed by atoms with Gasteiger partial charge in [0.05, 0.1) is 33.6 Å². The summed E-state index contributed by atoms with van der Waals surface area (Å²) in [6, 6.07) is 0.779. The number of halogens is 1. The highest BCUT2D eigenvalue weighted by atomic mass is 79.9. The number of hydrogen-bond acceptors (Lipinski definition) is 5. The van der Waals surface area contributed by atoms with E-state index in [1.165, 1.54) is 10.7 Å². The smallest absolute Gasteiger partial charge is 0.358 e. The second-order valence-corrected chi connectivity index (χ2v) is 6.60. The Kier molecular flexibility index (Phi) is 5.93. The molecule has 1 amide bonds. The van der Waals surface area contributed by atoms with Gasteiger partial charge >= 0.3 is 5.82 Å². The Hall–Kier alpha value is -2.23. The predicted molar refractivity (Wildman–Crippen MR) is 95.0 cm³/mol. The molecule has 0 N–H and O–H groups in total. The summed E-state index contributed by atoms with van der Waals surface area (Å²) in [7, 11) is 1.69. The van der Waals surface area contributed by atoms with Crippen LogP contribution in [0.15, 0.2) is 16.7 Å². The van der Waals surface area contributed by atoms with Crippen molar-refractivity contribution in [2.75, 3.05) is 7.05 Å². The van der Waals surface area contributed by atoms with E-state index in [0.717, 1.165) is 16.7 Å². The van der Waals surface area contributed by atoms with E-state index in [2.05, 4.69) is 26.1 Å².